The molecule has 0 atom stereocenters. The van der Waals surface area contributed by atoms with E-state index in [0.29, 0.717) is 86.1 Å². The second-order valence-electron chi connectivity index (χ2n) is 16.4. The van der Waals surface area contributed by atoms with Gasteiger partial charge < -0.3 is 66.3 Å². The largest absolute Gasteiger partial charge is 0.497 e. The Kier molecular flexibility index (Phi) is 18.9. The van der Waals surface area contributed by atoms with Crippen molar-refractivity contribution in [2.45, 2.75) is 46.2 Å². The summed E-state index contributed by atoms with van der Waals surface area (Å²) in [5.41, 5.74) is 14.7. The molecule has 0 fully saturated rings. The summed E-state index contributed by atoms with van der Waals surface area (Å²) >= 11 is 0. The van der Waals surface area contributed by atoms with Crippen molar-refractivity contribution in [1.82, 2.24) is 0 Å². The normalized spacial score (nSPS) is 10.5. The van der Waals surface area contributed by atoms with E-state index in [0.717, 1.165) is 33.4 Å². The smallest absolute Gasteiger partial charge is 0.129 e. The number of hydrogen-bond acceptors (Lipinski definition) is 15. The van der Waals surface area contributed by atoms with E-state index >= 15 is 0 Å². The third-order valence-electron chi connectivity index (χ3n) is 11.3. The third kappa shape index (κ3) is 15.3. The Labute approximate surface area is 430 Å². The minimum Gasteiger partial charge on any atom is -0.497 e. The highest BCUT2D eigenvalue weighted by Crippen LogP contribution is 2.33. The molecule has 7 aromatic carbocycles. The zero-order valence-corrected chi connectivity index (χ0v) is 42.6. The summed E-state index contributed by atoms with van der Waals surface area (Å²) in [7, 11) is 12.8. The molecule has 7 aromatic rings. The molecular formula is C57H59N3O14. The molecule has 0 spiro atoms. The van der Waals surface area contributed by atoms with Crippen LogP contribution in [-0.2, 0) is 46.2 Å². The van der Waals surface area contributed by atoms with Gasteiger partial charge in [-0.05, 0) is 124 Å². The van der Waals surface area contributed by atoms with Crippen LogP contribution in [0.3, 0.4) is 0 Å². The first kappa shape index (κ1) is 52.9. The molecule has 17 heteroatoms. The fraction of sp³-hybridized carbons (Fsp3) is 0.263. The molecule has 0 radical (unpaired) electrons. The lowest BCUT2D eigenvalue weighted by Crippen LogP contribution is -2.03. The van der Waals surface area contributed by atoms with Gasteiger partial charge in [-0.3, -0.25) is 0 Å². The monoisotopic (exact) mass is 1010 g/mol. The Balaban J connectivity index is 1.13. The molecule has 386 valence electrons. The average molecular weight is 1010 g/mol. The van der Waals surface area contributed by atoms with Crippen molar-refractivity contribution in [3.63, 3.8) is 0 Å². The van der Waals surface area contributed by atoms with Crippen LogP contribution in [0.5, 0.6) is 80.5 Å². The quantitative estimate of drug-likeness (QED) is 0.0257. The van der Waals surface area contributed by atoms with Crippen molar-refractivity contribution in [2.24, 2.45) is 5.11 Å². The van der Waals surface area contributed by atoms with Crippen LogP contribution in [0.1, 0.15) is 38.9 Å². The molecule has 0 aliphatic heterocycles. The highest BCUT2D eigenvalue weighted by atomic mass is 16.5. The van der Waals surface area contributed by atoms with Gasteiger partial charge in [0.25, 0.3) is 0 Å². The molecule has 17 nitrogen and oxygen atoms in total. The fourth-order valence-corrected chi connectivity index (χ4v) is 7.58. The summed E-state index contributed by atoms with van der Waals surface area (Å²) in [5, 5.41) is 3.82. The molecule has 0 aliphatic rings. The predicted molar refractivity (Wildman–Crippen MR) is 276 cm³/mol. The third-order valence-corrected chi connectivity index (χ3v) is 11.3. The van der Waals surface area contributed by atoms with Crippen LogP contribution >= 0.6 is 0 Å². The number of nitrogens with zero attached hydrogens (tertiary/aromatic N) is 3. The maximum absolute atomic E-state index is 9.25. The van der Waals surface area contributed by atoms with Gasteiger partial charge in [0, 0.05) is 52.9 Å². The van der Waals surface area contributed by atoms with Crippen molar-refractivity contribution in [1.29, 1.82) is 0 Å². The number of azide groups is 1. The van der Waals surface area contributed by atoms with Crippen LogP contribution in [0.4, 0.5) is 0 Å². The molecule has 0 heterocycles. The van der Waals surface area contributed by atoms with Gasteiger partial charge in [-0.25, -0.2) is 0 Å². The van der Waals surface area contributed by atoms with E-state index in [1.54, 1.807) is 99.3 Å². The van der Waals surface area contributed by atoms with Crippen LogP contribution in [0.15, 0.2) is 133 Å². The molecule has 0 saturated carbocycles. The molecule has 0 aromatic heterocycles. The van der Waals surface area contributed by atoms with E-state index in [4.69, 9.17) is 66.3 Å². The summed E-state index contributed by atoms with van der Waals surface area (Å²) in [6.07, 6.45) is 0. The van der Waals surface area contributed by atoms with Gasteiger partial charge in [0.2, 0.25) is 0 Å². The van der Waals surface area contributed by atoms with Gasteiger partial charge in [0.1, 0.15) is 120 Å². The summed E-state index contributed by atoms with van der Waals surface area (Å²) < 4.78 is 82.2. The summed E-state index contributed by atoms with van der Waals surface area (Å²) in [6, 6.07) is 38.7. The molecule has 0 amide bonds. The van der Waals surface area contributed by atoms with E-state index in [1.165, 1.54) is 0 Å². The number of hydrogen-bond donors (Lipinski definition) is 0. The van der Waals surface area contributed by atoms with Gasteiger partial charge in [-0.1, -0.05) is 5.11 Å². The Bertz CT molecular complexity index is 2890. The standard InChI is InChI=1S/C57H59N3O14/c1-61-44-10-9-43(57(29-44)68-8)36-74-56-22-42(21-55(28-56)73-33-40-17-49(66-6)25-50(18-40)67-7)35-70-52-12-37(30-59-60-58)11-51(26-52)69-34-41-19-53(71-31-38-13-45(62-2)23-46(14-38)63-3)27-54(20-41)72-32-39-15-47(64-4)24-48(16-39)65-5/h9-29H,30-36H2,1-8H3. The zero-order chi connectivity index (χ0) is 52.2. The Hall–Kier alpha value is -8.95. The van der Waals surface area contributed by atoms with Crippen LogP contribution in [0, 0.1) is 0 Å². The SMILES string of the molecule is COc1cc(COc2cc(COc3cc(CN=[N+]=[N-])cc(OCc4cc(OCc5cc(OC)cc(OC)c5)cc(OCc5ccc(OC)cc5OC)c4)c3)cc(OCc3cc(OC)cc(OC)c3)c2)cc(OC)c1. The topological polar surface area (TPSA) is 178 Å². The van der Waals surface area contributed by atoms with Crippen molar-refractivity contribution < 1.29 is 66.3 Å². The molecule has 0 unspecified atom stereocenters. The highest BCUT2D eigenvalue weighted by Gasteiger charge is 2.14. The van der Waals surface area contributed by atoms with Crippen LogP contribution < -0.4 is 66.3 Å². The van der Waals surface area contributed by atoms with Crippen LogP contribution in [0.25, 0.3) is 10.4 Å². The number of benzene rings is 7. The van der Waals surface area contributed by atoms with E-state index in [9.17, 15) is 5.53 Å². The van der Waals surface area contributed by atoms with Gasteiger partial charge >= 0.3 is 0 Å². The van der Waals surface area contributed by atoms with Gasteiger partial charge in [0.15, 0.2) is 0 Å². The van der Waals surface area contributed by atoms with Crippen molar-refractivity contribution in [3.8, 4) is 80.5 Å². The number of methoxy groups -OCH3 is 8. The van der Waals surface area contributed by atoms with Crippen LogP contribution in [-0.4, -0.2) is 56.9 Å². The Morgan fingerprint density at radius 2 is 0.568 bits per heavy atom. The maximum Gasteiger partial charge on any atom is 0.129 e. The van der Waals surface area contributed by atoms with Gasteiger partial charge in [-0.15, -0.1) is 0 Å². The summed E-state index contributed by atoms with van der Waals surface area (Å²) in [4.78, 5) is 2.98. The molecule has 0 N–H and O–H groups in total. The molecule has 0 aliphatic carbocycles. The van der Waals surface area contributed by atoms with E-state index < -0.39 is 0 Å². The molecule has 0 saturated heterocycles. The van der Waals surface area contributed by atoms with Crippen molar-refractivity contribution in [2.75, 3.05) is 56.9 Å². The summed E-state index contributed by atoms with van der Waals surface area (Å²) in [5.74, 6) is 8.19. The molecule has 0 bridgehead atoms. The highest BCUT2D eigenvalue weighted by molar-refractivity contribution is 5.46. The molecular weight excluding hydrogens is 951 g/mol. The van der Waals surface area contributed by atoms with Crippen molar-refractivity contribution >= 4 is 0 Å². The molecule has 7 rings (SSSR count). The Morgan fingerprint density at radius 3 is 0.851 bits per heavy atom. The first-order valence-corrected chi connectivity index (χ1v) is 23.2. The first-order valence-electron chi connectivity index (χ1n) is 23.2. The van der Waals surface area contributed by atoms with Gasteiger partial charge in [0.05, 0.1) is 63.4 Å². The number of rotatable bonds is 28. The van der Waals surface area contributed by atoms with Crippen LogP contribution in [0.2, 0.25) is 0 Å². The molecule has 74 heavy (non-hydrogen) atoms. The second kappa shape index (κ2) is 26.5. The van der Waals surface area contributed by atoms with E-state index in [2.05, 4.69) is 10.0 Å². The maximum atomic E-state index is 9.25. The minimum absolute atomic E-state index is 0.0562. The second-order valence-corrected chi connectivity index (χ2v) is 16.4. The average Bonchev–Trinajstić information content (AvgIpc) is 3.44. The lowest BCUT2D eigenvalue weighted by molar-refractivity contribution is 0.274. The van der Waals surface area contributed by atoms with Gasteiger partial charge in [-0.2, -0.15) is 0 Å². The zero-order valence-electron chi connectivity index (χ0n) is 42.6. The lowest BCUT2D eigenvalue weighted by Gasteiger charge is -2.16. The lowest BCUT2D eigenvalue weighted by atomic mass is 10.1. The Morgan fingerprint density at radius 1 is 0.297 bits per heavy atom. The summed E-state index contributed by atoms with van der Waals surface area (Å²) in [6.45, 7) is 1.10. The van der Waals surface area contributed by atoms with E-state index in [1.807, 2.05) is 84.9 Å². The first-order chi connectivity index (χ1) is 36.1. The fourth-order valence-electron chi connectivity index (χ4n) is 7.58. The minimum atomic E-state index is 0.0562. The van der Waals surface area contributed by atoms with E-state index in [-0.39, 0.29) is 46.2 Å². The number of ether oxygens (including phenoxy) is 14. The predicted octanol–water partition coefficient (Wildman–Crippen LogP) is 12.0. The van der Waals surface area contributed by atoms with Crippen molar-refractivity contribution in [3.05, 3.63) is 177 Å².